The Labute approximate surface area is 123 Å². The van der Waals surface area contributed by atoms with E-state index < -0.39 is 0 Å². The Bertz CT molecular complexity index is 424. The maximum atomic E-state index is 6.07. The summed E-state index contributed by atoms with van der Waals surface area (Å²) in [5.74, 6) is 0. The lowest BCUT2D eigenvalue weighted by Gasteiger charge is -2.43. The first-order valence-corrected chi connectivity index (χ1v) is 7.99. The van der Waals surface area contributed by atoms with Gasteiger partial charge in [0, 0.05) is 24.8 Å². The topological polar surface area (TPSA) is 47.1 Å². The van der Waals surface area contributed by atoms with Crippen LogP contribution >= 0.6 is 0 Å². The highest BCUT2D eigenvalue weighted by Gasteiger charge is 2.34. The van der Waals surface area contributed by atoms with Crippen LogP contribution in [0.3, 0.4) is 0 Å². The molecule has 0 bridgehead atoms. The van der Waals surface area contributed by atoms with Crippen molar-refractivity contribution in [2.75, 3.05) is 19.6 Å². The van der Waals surface area contributed by atoms with Crippen LogP contribution in [0.1, 0.15) is 56.8 Å². The Hall–Kier alpha value is -0.870. The first-order chi connectivity index (χ1) is 9.56. The monoisotopic (exact) mass is 278 g/mol. The molecule has 0 radical (unpaired) electrons. The van der Waals surface area contributed by atoms with Crippen LogP contribution in [0, 0.1) is 12.3 Å². The van der Waals surface area contributed by atoms with Gasteiger partial charge in [-0.1, -0.05) is 26.7 Å². The lowest BCUT2D eigenvalue weighted by Crippen LogP contribution is -2.43. The molecule has 20 heavy (non-hydrogen) atoms. The molecule has 114 valence electrons. The van der Waals surface area contributed by atoms with Crippen molar-refractivity contribution in [1.29, 1.82) is 0 Å². The van der Waals surface area contributed by atoms with Gasteiger partial charge >= 0.3 is 0 Å². The molecule has 0 spiro atoms. The zero-order valence-corrected chi connectivity index (χ0v) is 13.5. The Balaban J connectivity index is 2.10. The molecule has 0 aromatic carbocycles. The van der Waals surface area contributed by atoms with Gasteiger partial charge in [0.1, 0.15) is 0 Å². The smallest absolute Gasteiger partial charge is 0.0540 e. The number of piperidine rings is 1. The molecule has 0 aliphatic carbocycles. The standard InChI is InChI=1S/C16H30N4/c1-5-16(6-2)7-9-20(10-8-16)15(11-17)14-12-18-19(4)13(14)3/h12,15H,5-11,17H2,1-4H3. The summed E-state index contributed by atoms with van der Waals surface area (Å²) >= 11 is 0. The molecule has 1 aliphatic rings. The van der Waals surface area contributed by atoms with Gasteiger partial charge in [0.2, 0.25) is 0 Å². The van der Waals surface area contributed by atoms with Gasteiger partial charge in [0.15, 0.2) is 0 Å². The molecule has 2 N–H and O–H groups in total. The fourth-order valence-corrected chi connectivity index (χ4v) is 3.58. The molecule has 2 heterocycles. The first-order valence-electron chi connectivity index (χ1n) is 7.99. The Kier molecular flexibility index (Phi) is 4.86. The van der Waals surface area contributed by atoms with Crippen molar-refractivity contribution in [2.24, 2.45) is 18.2 Å². The van der Waals surface area contributed by atoms with Gasteiger partial charge in [-0.15, -0.1) is 0 Å². The third-order valence-electron chi connectivity index (χ3n) is 5.65. The summed E-state index contributed by atoms with van der Waals surface area (Å²) in [5.41, 5.74) is 9.18. The molecular formula is C16H30N4. The Morgan fingerprint density at radius 1 is 1.30 bits per heavy atom. The molecule has 1 aliphatic heterocycles. The van der Waals surface area contributed by atoms with E-state index in [2.05, 4.69) is 30.8 Å². The van der Waals surface area contributed by atoms with Crippen LogP contribution in [0.5, 0.6) is 0 Å². The van der Waals surface area contributed by atoms with Gasteiger partial charge in [-0.2, -0.15) is 5.10 Å². The maximum absolute atomic E-state index is 6.07. The highest BCUT2D eigenvalue weighted by Crippen LogP contribution is 2.40. The highest BCUT2D eigenvalue weighted by atomic mass is 15.3. The fraction of sp³-hybridized carbons (Fsp3) is 0.812. The second-order valence-corrected chi connectivity index (χ2v) is 6.30. The highest BCUT2D eigenvalue weighted by molar-refractivity contribution is 5.21. The summed E-state index contributed by atoms with van der Waals surface area (Å²) in [7, 11) is 2.00. The zero-order valence-electron chi connectivity index (χ0n) is 13.5. The third-order valence-corrected chi connectivity index (χ3v) is 5.65. The van der Waals surface area contributed by atoms with E-state index in [1.54, 1.807) is 0 Å². The molecule has 1 fully saturated rings. The molecule has 1 atom stereocenters. The number of rotatable bonds is 5. The Morgan fingerprint density at radius 3 is 2.30 bits per heavy atom. The lowest BCUT2D eigenvalue weighted by molar-refractivity contribution is 0.0678. The van der Waals surface area contributed by atoms with Crippen molar-refractivity contribution < 1.29 is 0 Å². The molecule has 1 aromatic rings. The molecule has 2 rings (SSSR count). The van der Waals surface area contributed by atoms with Crippen LogP contribution in [-0.2, 0) is 7.05 Å². The number of aromatic nitrogens is 2. The van der Waals surface area contributed by atoms with E-state index in [4.69, 9.17) is 5.73 Å². The van der Waals surface area contributed by atoms with Crippen LogP contribution in [0.2, 0.25) is 0 Å². The second kappa shape index (κ2) is 6.27. The average Bonchev–Trinajstić information content (AvgIpc) is 2.81. The van der Waals surface area contributed by atoms with Gasteiger partial charge in [-0.3, -0.25) is 9.58 Å². The minimum absolute atomic E-state index is 0.329. The van der Waals surface area contributed by atoms with Crippen molar-refractivity contribution >= 4 is 0 Å². The van der Waals surface area contributed by atoms with Crippen LogP contribution < -0.4 is 5.73 Å². The van der Waals surface area contributed by atoms with Gasteiger partial charge in [-0.25, -0.2) is 0 Å². The van der Waals surface area contributed by atoms with Gasteiger partial charge < -0.3 is 5.73 Å². The molecule has 1 saturated heterocycles. The maximum Gasteiger partial charge on any atom is 0.0540 e. The molecule has 0 saturated carbocycles. The second-order valence-electron chi connectivity index (χ2n) is 6.30. The molecule has 1 unspecified atom stereocenters. The van der Waals surface area contributed by atoms with E-state index in [0.717, 1.165) is 13.1 Å². The summed E-state index contributed by atoms with van der Waals surface area (Å²) < 4.78 is 1.95. The zero-order chi connectivity index (χ0) is 14.8. The molecule has 0 amide bonds. The number of aryl methyl sites for hydroxylation is 1. The Morgan fingerprint density at radius 2 is 1.90 bits per heavy atom. The minimum atomic E-state index is 0.329. The number of likely N-dealkylation sites (tertiary alicyclic amines) is 1. The van der Waals surface area contributed by atoms with E-state index in [0.29, 0.717) is 18.0 Å². The van der Waals surface area contributed by atoms with Crippen molar-refractivity contribution in [3.8, 4) is 0 Å². The molecule has 4 heteroatoms. The number of nitrogens with zero attached hydrogens (tertiary/aromatic N) is 3. The van der Waals surface area contributed by atoms with Crippen molar-refractivity contribution in [2.45, 2.75) is 52.5 Å². The lowest BCUT2D eigenvalue weighted by atomic mass is 9.74. The van der Waals surface area contributed by atoms with E-state index in [9.17, 15) is 0 Å². The third kappa shape index (κ3) is 2.77. The largest absolute Gasteiger partial charge is 0.329 e. The van der Waals surface area contributed by atoms with Gasteiger partial charge in [0.25, 0.3) is 0 Å². The summed E-state index contributed by atoms with van der Waals surface area (Å²) in [6.07, 6.45) is 7.20. The van der Waals surface area contributed by atoms with Crippen LogP contribution in [-0.4, -0.2) is 34.3 Å². The van der Waals surface area contributed by atoms with Gasteiger partial charge in [-0.05, 0) is 38.3 Å². The number of hydrogen-bond acceptors (Lipinski definition) is 3. The van der Waals surface area contributed by atoms with Gasteiger partial charge in [0.05, 0.1) is 12.2 Å². The molecular weight excluding hydrogens is 248 g/mol. The van der Waals surface area contributed by atoms with Crippen molar-refractivity contribution in [3.05, 3.63) is 17.5 Å². The minimum Gasteiger partial charge on any atom is -0.329 e. The van der Waals surface area contributed by atoms with E-state index in [1.165, 1.54) is 36.9 Å². The fourth-order valence-electron chi connectivity index (χ4n) is 3.58. The molecule has 1 aromatic heterocycles. The van der Waals surface area contributed by atoms with Crippen LogP contribution in [0.15, 0.2) is 6.20 Å². The van der Waals surface area contributed by atoms with Crippen LogP contribution in [0.25, 0.3) is 0 Å². The summed E-state index contributed by atoms with van der Waals surface area (Å²) in [4.78, 5) is 2.56. The first kappa shape index (κ1) is 15.5. The van der Waals surface area contributed by atoms with E-state index in [-0.39, 0.29) is 0 Å². The average molecular weight is 278 g/mol. The van der Waals surface area contributed by atoms with E-state index >= 15 is 0 Å². The summed E-state index contributed by atoms with van der Waals surface area (Å²) in [6.45, 7) is 9.82. The van der Waals surface area contributed by atoms with Crippen molar-refractivity contribution in [1.82, 2.24) is 14.7 Å². The van der Waals surface area contributed by atoms with Crippen LogP contribution in [0.4, 0.5) is 0 Å². The predicted octanol–water partition coefficient (Wildman–Crippen LogP) is 2.63. The van der Waals surface area contributed by atoms with Crippen molar-refractivity contribution in [3.63, 3.8) is 0 Å². The normalized spacial score (nSPS) is 21.1. The number of hydrogen-bond donors (Lipinski definition) is 1. The number of nitrogens with two attached hydrogens (primary N) is 1. The summed E-state index contributed by atoms with van der Waals surface area (Å²) in [6, 6.07) is 0.329. The predicted molar refractivity (Wildman–Crippen MR) is 83.6 cm³/mol. The van der Waals surface area contributed by atoms with E-state index in [1.807, 2.05) is 17.9 Å². The molecule has 4 nitrogen and oxygen atoms in total. The summed E-state index contributed by atoms with van der Waals surface area (Å²) in [5, 5.41) is 4.38. The SMILES string of the molecule is CCC1(CC)CCN(C(CN)c2cnn(C)c2C)CC1. The quantitative estimate of drug-likeness (QED) is 0.900.